The highest BCUT2D eigenvalue weighted by molar-refractivity contribution is 5.87. The molecule has 0 saturated carbocycles. The summed E-state index contributed by atoms with van der Waals surface area (Å²) in [6, 6.07) is 13.3. The van der Waals surface area contributed by atoms with E-state index in [1.54, 1.807) is 17.9 Å². The van der Waals surface area contributed by atoms with E-state index in [0.29, 0.717) is 22.5 Å². The monoisotopic (exact) mass is 415 g/mol. The molecule has 31 heavy (non-hydrogen) atoms. The lowest BCUT2D eigenvalue weighted by atomic mass is 10.0. The SMILES string of the molecule is Cc1cc2occ(CC(=O)OC/C(O)=C(\C#N)c3nc4ccccc4n3C)c2cc1C. The highest BCUT2D eigenvalue weighted by atomic mass is 16.5. The third-order valence-corrected chi connectivity index (χ3v) is 5.39. The first-order valence-corrected chi connectivity index (χ1v) is 9.76. The zero-order valence-corrected chi connectivity index (χ0v) is 17.5. The summed E-state index contributed by atoms with van der Waals surface area (Å²) >= 11 is 0. The molecule has 0 aliphatic carbocycles. The minimum Gasteiger partial charge on any atom is -0.507 e. The zero-order valence-electron chi connectivity index (χ0n) is 17.5. The maximum absolute atomic E-state index is 12.4. The number of furan rings is 1. The van der Waals surface area contributed by atoms with Crippen molar-refractivity contribution in [1.82, 2.24) is 9.55 Å². The second-order valence-corrected chi connectivity index (χ2v) is 7.45. The highest BCUT2D eigenvalue weighted by Gasteiger charge is 2.18. The van der Waals surface area contributed by atoms with E-state index in [1.165, 1.54) is 0 Å². The minimum absolute atomic E-state index is 0.00302. The van der Waals surface area contributed by atoms with Gasteiger partial charge in [-0.15, -0.1) is 0 Å². The number of benzene rings is 2. The van der Waals surface area contributed by atoms with Crippen LogP contribution in [0.5, 0.6) is 0 Å². The maximum atomic E-state index is 12.4. The topological polar surface area (TPSA) is 101 Å². The van der Waals surface area contributed by atoms with E-state index < -0.39 is 12.6 Å². The van der Waals surface area contributed by atoms with Gasteiger partial charge in [0, 0.05) is 18.0 Å². The molecule has 7 nitrogen and oxygen atoms in total. The molecule has 0 saturated heterocycles. The van der Waals surface area contributed by atoms with Gasteiger partial charge in [-0.3, -0.25) is 4.79 Å². The molecule has 0 bridgehead atoms. The maximum Gasteiger partial charge on any atom is 0.310 e. The van der Waals surface area contributed by atoms with Crippen LogP contribution in [-0.2, 0) is 23.0 Å². The fourth-order valence-electron chi connectivity index (χ4n) is 3.51. The second kappa shape index (κ2) is 8.00. The summed E-state index contributed by atoms with van der Waals surface area (Å²) in [5.74, 6) is -0.573. The average molecular weight is 415 g/mol. The van der Waals surface area contributed by atoms with E-state index in [-0.39, 0.29) is 17.8 Å². The van der Waals surface area contributed by atoms with Crippen molar-refractivity contribution < 1.29 is 19.1 Å². The highest BCUT2D eigenvalue weighted by Crippen LogP contribution is 2.26. The van der Waals surface area contributed by atoms with Gasteiger partial charge in [0.1, 0.15) is 23.8 Å². The number of rotatable bonds is 5. The van der Waals surface area contributed by atoms with Crippen LogP contribution in [0.25, 0.3) is 27.6 Å². The van der Waals surface area contributed by atoms with E-state index in [1.807, 2.05) is 56.3 Å². The van der Waals surface area contributed by atoms with Gasteiger partial charge in [0.15, 0.2) is 11.6 Å². The molecule has 0 aliphatic rings. The molecule has 2 heterocycles. The second-order valence-electron chi connectivity index (χ2n) is 7.45. The van der Waals surface area contributed by atoms with Crippen molar-refractivity contribution in [3.63, 3.8) is 0 Å². The molecule has 0 amide bonds. The van der Waals surface area contributed by atoms with Gasteiger partial charge in [0.2, 0.25) is 0 Å². The summed E-state index contributed by atoms with van der Waals surface area (Å²) in [6.45, 7) is 3.58. The normalized spacial score (nSPS) is 12.1. The van der Waals surface area contributed by atoms with Crippen LogP contribution in [0.3, 0.4) is 0 Å². The molecule has 0 aliphatic heterocycles. The molecule has 4 aromatic rings. The number of aliphatic hydroxyl groups excluding tert-OH is 1. The van der Waals surface area contributed by atoms with Crippen LogP contribution in [0.1, 0.15) is 22.5 Å². The first-order valence-electron chi connectivity index (χ1n) is 9.76. The Morgan fingerprint density at radius 1 is 1.26 bits per heavy atom. The van der Waals surface area contributed by atoms with Crippen LogP contribution in [0.4, 0.5) is 0 Å². The number of nitriles is 1. The zero-order chi connectivity index (χ0) is 22.1. The number of esters is 1. The molecule has 0 unspecified atom stereocenters. The number of carbonyl (C=O) groups excluding carboxylic acids is 1. The lowest BCUT2D eigenvalue weighted by Crippen LogP contribution is -2.11. The van der Waals surface area contributed by atoms with Crippen LogP contribution < -0.4 is 0 Å². The Bertz CT molecular complexity index is 1390. The minimum atomic E-state index is -0.533. The largest absolute Gasteiger partial charge is 0.507 e. The molecule has 0 radical (unpaired) electrons. The Balaban J connectivity index is 1.51. The lowest BCUT2D eigenvalue weighted by molar-refractivity contribution is -0.142. The number of carbonyl (C=O) groups is 1. The summed E-state index contributed by atoms with van der Waals surface area (Å²) in [7, 11) is 1.76. The molecule has 2 aromatic heterocycles. The molecule has 0 atom stereocenters. The van der Waals surface area contributed by atoms with Gasteiger partial charge in [-0.2, -0.15) is 5.26 Å². The van der Waals surface area contributed by atoms with Gasteiger partial charge in [-0.25, -0.2) is 4.98 Å². The molecule has 0 spiro atoms. The number of aliphatic hydroxyl groups is 1. The van der Waals surface area contributed by atoms with Crippen LogP contribution in [0.15, 0.2) is 52.8 Å². The first-order chi connectivity index (χ1) is 14.9. The van der Waals surface area contributed by atoms with Crippen molar-refractivity contribution in [1.29, 1.82) is 5.26 Å². The van der Waals surface area contributed by atoms with Crippen molar-refractivity contribution in [2.45, 2.75) is 20.3 Å². The van der Waals surface area contributed by atoms with Crippen molar-refractivity contribution in [3.8, 4) is 6.07 Å². The van der Waals surface area contributed by atoms with Gasteiger partial charge in [-0.1, -0.05) is 12.1 Å². The molecule has 156 valence electrons. The van der Waals surface area contributed by atoms with Crippen LogP contribution in [-0.4, -0.2) is 27.2 Å². The van der Waals surface area contributed by atoms with Crippen LogP contribution in [0, 0.1) is 25.2 Å². The van der Waals surface area contributed by atoms with Gasteiger partial charge >= 0.3 is 5.97 Å². The number of aromatic nitrogens is 2. The summed E-state index contributed by atoms with van der Waals surface area (Å²) in [5.41, 5.74) is 5.13. The van der Waals surface area contributed by atoms with Crippen molar-refractivity contribution in [2.75, 3.05) is 6.61 Å². The van der Waals surface area contributed by atoms with E-state index in [2.05, 4.69) is 4.98 Å². The number of ether oxygens (including phenoxy) is 1. The number of hydrogen-bond donors (Lipinski definition) is 1. The standard InChI is InChI=1S/C24H21N3O4/c1-14-8-17-16(12-30-22(17)9-15(14)2)10-23(29)31-13-21(28)18(11-25)24-26-19-6-4-5-7-20(19)27(24)3/h4-9,12,28H,10,13H2,1-3H3/b21-18-. The summed E-state index contributed by atoms with van der Waals surface area (Å²) in [4.78, 5) is 16.8. The van der Waals surface area contributed by atoms with Gasteiger partial charge in [-0.05, 0) is 49.2 Å². The van der Waals surface area contributed by atoms with Crippen LogP contribution >= 0.6 is 0 Å². The van der Waals surface area contributed by atoms with Gasteiger partial charge in [0.05, 0.1) is 23.7 Å². The number of hydrogen-bond acceptors (Lipinski definition) is 6. The number of para-hydroxylation sites is 2. The summed E-state index contributed by atoms with van der Waals surface area (Å²) in [6.07, 6.45) is 1.54. The Morgan fingerprint density at radius 2 is 2.00 bits per heavy atom. The van der Waals surface area contributed by atoms with Gasteiger partial charge < -0.3 is 18.8 Å². The third-order valence-electron chi connectivity index (χ3n) is 5.39. The van der Waals surface area contributed by atoms with E-state index in [0.717, 1.165) is 22.0 Å². The molecular weight excluding hydrogens is 394 g/mol. The number of fused-ring (bicyclic) bond motifs is 2. The predicted octanol–water partition coefficient (Wildman–Crippen LogP) is 4.51. The van der Waals surface area contributed by atoms with Crippen LogP contribution in [0.2, 0.25) is 0 Å². The van der Waals surface area contributed by atoms with Gasteiger partial charge in [0.25, 0.3) is 0 Å². The molecule has 7 heteroatoms. The quantitative estimate of drug-likeness (QED) is 0.292. The van der Waals surface area contributed by atoms with E-state index in [4.69, 9.17) is 9.15 Å². The average Bonchev–Trinajstić information content (AvgIpc) is 3.29. The third kappa shape index (κ3) is 3.76. The molecule has 2 aromatic carbocycles. The number of aryl methyl sites for hydroxylation is 3. The Hall–Kier alpha value is -4.05. The Labute approximate surface area is 178 Å². The summed E-state index contributed by atoms with van der Waals surface area (Å²) in [5, 5.41) is 20.9. The number of allylic oxidation sites excluding steroid dienone is 1. The Kier molecular flexibility index (Phi) is 5.22. The molecule has 4 rings (SSSR count). The van der Waals surface area contributed by atoms with Crippen molar-refractivity contribution >= 4 is 33.5 Å². The first kappa shape index (κ1) is 20.2. The number of imidazole rings is 1. The number of nitrogens with zero attached hydrogens (tertiary/aromatic N) is 3. The summed E-state index contributed by atoms with van der Waals surface area (Å²) < 4.78 is 12.5. The van der Waals surface area contributed by atoms with E-state index in [9.17, 15) is 15.2 Å². The molecular formula is C24H21N3O4. The van der Waals surface area contributed by atoms with Crippen molar-refractivity contribution in [2.24, 2.45) is 7.05 Å². The van der Waals surface area contributed by atoms with E-state index >= 15 is 0 Å². The lowest BCUT2D eigenvalue weighted by Gasteiger charge is -2.07. The Morgan fingerprint density at radius 3 is 2.74 bits per heavy atom. The predicted molar refractivity (Wildman–Crippen MR) is 116 cm³/mol. The fourth-order valence-corrected chi connectivity index (χ4v) is 3.51. The van der Waals surface area contributed by atoms with Crippen molar-refractivity contribution in [3.05, 3.63) is 70.9 Å². The molecule has 0 fully saturated rings. The smallest absolute Gasteiger partial charge is 0.310 e. The fraction of sp³-hybridized carbons (Fsp3) is 0.208. The molecule has 1 N–H and O–H groups in total.